The van der Waals surface area contributed by atoms with Crippen molar-refractivity contribution in [2.24, 2.45) is 17.8 Å². The van der Waals surface area contributed by atoms with E-state index >= 15 is 0 Å². The molecule has 1 aliphatic carbocycles. The Morgan fingerprint density at radius 1 is 1.12 bits per heavy atom. The van der Waals surface area contributed by atoms with E-state index in [1.807, 2.05) is 6.92 Å². The van der Waals surface area contributed by atoms with Gasteiger partial charge < -0.3 is 9.47 Å². The molecule has 17 heavy (non-hydrogen) atoms. The number of ketones is 1. The Morgan fingerprint density at radius 3 is 1.82 bits per heavy atom. The summed E-state index contributed by atoms with van der Waals surface area (Å²) in [6.45, 7) is 5.45. The molecule has 1 fully saturated rings. The van der Waals surface area contributed by atoms with E-state index in [1.165, 1.54) is 0 Å². The van der Waals surface area contributed by atoms with Gasteiger partial charge in [-0.2, -0.15) is 0 Å². The minimum absolute atomic E-state index is 0.141. The summed E-state index contributed by atoms with van der Waals surface area (Å²) in [4.78, 5) is 35.1. The summed E-state index contributed by atoms with van der Waals surface area (Å²) in [5, 5.41) is 0. The van der Waals surface area contributed by atoms with Crippen LogP contribution in [0.5, 0.6) is 0 Å². The maximum absolute atomic E-state index is 11.9. The molecule has 1 rings (SSSR count). The first-order valence-corrected chi connectivity index (χ1v) is 5.89. The average Bonchev–Trinajstić information content (AvgIpc) is 2.96. The van der Waals surface area contributed by atoms with Gasteiger partial charge in [0.15, 0.2) is 5.78 Å². The Morgan fingerprint density at radius 2 is 1.53 bits per heavy atom. The van der Waals surface area contributed by atoms with Crippen molar-refractivity contribution >= 4 is 17.7 Å². The molecule has 0 aromatic heterocycles. The van der Waals surface area contributed by atoms with Gasteiger partial charge in [-0.05, 0) is 26.2 Å². The normalized spacial score (nSPS) is 22.1. The van der Waals surface area contributed by atoms with Crippen LogP contribution in [0.15, 0.2) is 0 Å². The highest BCUT2D eigenvalue weighted by Crippen LogP contribution is 2.40. The van der Waals surface area contributed by atoms with Gasteiger partial charge >= 0.3 is 11.9 Å². The van der Waals surface area contributed by atoms with E-state index in [0.717, 1.165) is 6.42 Å². The molecule has 5 nitrogen and oxygen atoms in total. The molecule has 0 amide bonds. The Bertz CT molecular complexity index is 305. The molecule has 0 aromatic rings. The van der Waals surface area contributed by atoms with Crippen molar-refractivity contribution in [1.82, 2.24) is 0 Å². The third-order valence-electron chi connectivity index (χ3n) is 2.80. The predicted octanol–water partition coefficient (Wildman–Crippen LogP) is 0.954. The van der Waals surface area contributed by atoms with Gasteiger partial charge in [-0.15, -0.1) is 0 Å². The summed E-state index contributed by atoms with van der Waals surface area (Å²) < 4.78 is 9.49. The third-order valence-corrected chi connectivity index (χ3v) is 2.80. The Kier molecular flexibility index (Phi) is 4.66. The van der Waals surface area contributed by atoms with Crippen molar-refractivity contribution in [1.29, 1.82) is 0 Å². The van der Waals surface area contributed by atoms with Crippen molar-refractivity contribution in [2.45, 2.75) is 27.2 Å². The fourth-order valence-corrected chi connectivity index (χ4v) is 1.71. The van der Waals surface area contributed by atoms with Gasteiger partial charge in [-0.25, -0.2) is 0 Å². The number of ether oxygens (including phenoxy) is 2. The summed E-state index contributed by atoms with van der Waals surface area (Å²) >= 11 is 0. The first kappa shape index (κ1) is 13.7. The molecular weight excluding hydrogens is 224 g/mol. The fraction of sp³-hybridized carbons (Fsp3) is 0.750. The van der Waals surface area contributed by atoms with E-state index in [0.29, 0.717) is 0 Å². The van der Waals surface area contributed by atoms with Crippen LogP contribution in [0.4, 0.5) is 0 Å². The predicted molar refractivity (Wildman–Crippen MR) is 59.0 cm³/mol. The molecule has 2 atom stereocenters. The Balaban J connectivity index is 2.74. The van der Waals surface area contributed by atoms with Crippen molar-refractivity contribution in [2.75, 3.05) is 13.2 Å². The van der Waals surface area contributed by atoms with Crippen molar-refractivity contribution < 1.29 is 23.9 Å². The van der Waals surface area contributed by atoms with E-state index in [-0.39, 0.29) is 30.8 Å². The van der Waals surface area contributed by atoms with E-state index in [4.69, 9.17) is 9.47 Å². The molecule has 0 spiro atoms. The highest BCUT2D eigenvalue weighted by Gasteiger charge is 2.48. The molecule has 96 valence electrons. The van der Waals surface area contributed by atoms with Crippen molar-refractivity contribution in [3.63, 3.8) is 0 Å². The highest BCUT2D eigenvalue weighted by molar-refractivity contribution is 6.16. The van der Waals surface area contributed by atoms with Crippen LogP contribution >= 0.6 is 0 Å². The van der Waals surface area contributed by atoms with Crippen LogP contribution in [0.3, 0.4) is 0 Å². The van der Waals surface area contributed by atoms with Gasteiger partial charge in [0.25, 0.3) is 0 Å². The molecule has 1 aliphatic rings. The van der Waals surface area contributed by atoms with Crippen molar-refractivity contribution in [3.05, 3.63) is 0 Å². The summed E-state index contributed by atoms with van der Waals surface area (Å²) in [6, 6.07) is 0. The van der Waals surface area contributed by atoms with Gasteiger partial charge in [-0.1, -0.05) is 6.92 Å². The van der Waals surface area contributed by atoms with Crippen LogP contribution in [-0.2, 0) is 23.9 Å². The molecule has 0 bridgehead atoms. The summed E-state index contributed by atoms with van der Waals surface area (Å²) in [6.07, 6.45) is 0.730. The number of Topliss-reactive ketones (excluding diaryl/α,β-unsaturated/α-hetero) is 1. The second kappa shape index (κ2) is 5.80. The molecule has 1 saturated carbocycles. The van der Waals surface area contributed by atoms with E-state index < -0.39 is 17.9 Å². The largest absolute Gasteiger partial charge is 0.465 e. The van der Waals surface area contributed by atoms with Crippen LogP contribution in [-0.4, -0.2) is 30.9 Å². The number of carbonyl (C=O) groups is 3. The maximum atomic E-state index is 11.9. The summed E-state index contributed by atoms with van der Waals surface area (Å²) in [5.41, 5.74) is 0. The zero-order chi connectivity index (χ0) is 13.0. The van der Waals surface area contributed by atoms with Gasteiger partial charge in [0.2, 0.25) is 5.92 Å². The number of hydrogen-bond acceptors (Lipinski definition) is 5. The fourth-order valence-electron chi connectivity index (χ4n) is 1.71. The van der Waals surface area contributed by atoms with E-state index in [2.05, 4.69) is 0 Å². The highest BCUT2D eigenvalue weighted by atomic mass is 16.6. The quantitative estimate of drug-likeness (QED) is 0.512. The summed E-state index contributed by atoms with van der Waals surface area (Å²) in [7, 11) is 0. The molecule has 0 aromatic carbocycles. The zero-order valence-corrected chi connectivity index (χ0v) is 10.4. The number of carbonyl (C=O) groups excluding carboxylic acids is 3. The monoisotopic (exact) mass is 242 g/mol. The summed E-state index contributed by atoms with van der Waals surface area (Å²) in [5.74, 6) is -3.31. The number of rotatable bonds is 6. The molecule has 0 heterocycles. The average molecular weight is 242 g/mol. The van der Waals surface area contributed by atoms with Crippen LogP contribution in [0, 0.1) is 17.8 Å². The second-order valence-corrected chi connectivity index (χ2v) is 4.16. The van der Waals surface area contributed by atoms with Gasteiger partial charge in [0.1, 0.15) is 0 Å². The topological polar surface area (TPSA) is 69.7 Å². The lowest BCUT2D eigenvalue weighted by molar-refractivity contribution is -0.164. The van der Waals surface area contributed by atoms with Crippen molar-refractivity contribution in [3.8, 4) is 0 Å². The first-order valence-electron chi connectivity index (χ1n) is 5.89. The SMILES string of the molecule is CCOC(=O)C(C(=O)OCC)C(=O)C1CC1C. The number of hydrogen-bond donors (Lipinski definition) is 0. The minimum Gasteiger partial charge on any atom is -0.465 e. The number of esters is 2. The van der Waals surface area contributed by atoms with Crippen LogP contribution in [0.2, 0.25) is 0 Å². The van der Waals surface area contributed by atoms with Gasteiger partial charge in [0.05, 0.1) is 13.2 Å². The molecule has 0 saturated heterocycles. The lowest BCUT2D eigenvalue weighted by atomic mass is 10.00. The molecule has 5 heteroatoms. The lowest BCUT2D eigenvalue weighted by Gasteiger charge is -2.13. The van der Waals surface area contributed by atoms with E-state index in [9.17, 15) is 14.4 Å². The maximum Gasteiger partial charge on any atom is 0.328 e. The standard InChI is InChI=1S/C12H18O5/c1-4-16-11(14)9(12(15)17-5-2)10(13)8-6-7(8)3/h7-9H,4-6H2,1-3H3. The molecule has 2 unspecified atom stereocenters. The Hall–Kier alpha value is -1.39. The first-order chi connectivity index (χ1) is 8.02. The zero-order valence-electron chi connectivity index (χ0n) is 10.4. The minimum atomic E-state index is -1.40. The molecule has 0 radical (unpaired) electrons. The molecular formula is C12H18O5. The molecule has 0 N–H and O–H groups in total. The van der Waals surface area contributed by atoms with Crippen LogP contribution < -0.4 is 0 Å². The second-order valence-electron chi connectivity index (χ2n) is 4.16. The van der Waals surface area contributed by atoms with Gasteiger partial charge in [0, 0.05) is 5.92 Å². The molecule has 0 aliphatic heterocycles. The van der Waals surface area contributed by atoms with Gasteiger partial charge in [-0.3, -0.25) is 14.4 Å². The van der Waals surface area contributed by atoms with Crippen LogP contribution in [0.25, 0.3) is 0 Å². The van der Waals surface area contributed by atoms with E-state index in [1.54, 1.807) is 13.8 Å². The lowest BCUT2D eigenvalue weighted by Crippen LogP contribution is -2.36. The van der Waals surface area contributed by atoms with Crippen LogP contribution in [0.1, 0.15) is 27.2 Å². The third kappa shape index (κ3) is 3.28. The smallest absolute Gasteiger partial charge is 0.328 e. The Labute approximate surface area is 100 Å².